The van der Waals surface area contributed by atoms with Gasteiger partial charge < -0.3 is 14.6 Å². The highest BCUT2D eigenvalue weighted by molar-refractivity contribution is 5.73. The molecule has 2 aromatic rings. The predicted molar refractivity (Wildman–Crippen MR) is 143 cm³/mol. The van der Waals surface area contributed by atoms with Crippen LogP contribution in [0.4, 0.5) is 0 Å². The first kappa shape index (κ1) is 25.1. The van der Waals surface area contributed by atoms with Gasteiger partial charge in [0.1, 0.15) is 11.9 Å². The Morgan fingerprint density at radius 3 is 2.28 bits per heavy atom. The summed E-state index contributed by atoms with van der Waals surface area (Å²) >= 11 is 0. The molecule has 0 radical (unpaired) electrons. The fraction of sp³-hybridized carbons (Fsp3) is 0.531. The predicted octanol–water partition coefficient (Wildman–Crippen LogP) is 6.95. The van der Waals surface area contributed by atoms with E-state index in [1.54, 1.807) is 0 Å². The van der Waals surface area contributed by atoms with E-state index in [0.717, 1.165) is 62.7 Å². The highest BCUT2D eigenvalue weighted by Gasteiger charge is 2.63. The van der Waals surface area contributed by atoms with E-state index in [0.29, 0.717) is 6.42 Å². The average molecular weight is 489 g/mol. The lowest BCUT2D eigenvalue weighted by Gasteiger charge is -2.34. The number of aliphatic hydroxyl groups is 1. The van der Waals surface area contributed by atoms with Crippen LogP contribution in [0.3, 0.4) is 0 Å². The molecular formula is C32H40O4. The van der Waals surface area contributed by atoms with Gasteiger partial charge in [0.15, 0.2) is 5.60 Å². The van der Waals surface area contributed by atoms with Crippen LogP contribution in [0.25, 0.3) is 6.08 Å². The van der Waals surface area contributed by atoms with Crippen LogP contribution >= 0.6 is 0 Å². The summed E-state index contributed by atoms with van der Waals surface area (Å²) in [7, 11) is 0. The molecule has 1 saturated heterocycles. The van der Waals surface area contributed by atoms with Gasteiger partial charge >= 0.3 is 5.97 Å². The molecular weight excluding hydrogens is 448 g/mol. The molecule has 0 unspecified atom stereocenters. The van der Waals surface area contributed by atoms with Crippen molar-refractivity contribution < 1.29 is 19.4 Å². The fourth-order valence-corrected chi connectivity index (χ4v) is 6.44. The molecule has 2 saturated carbocycles. The number of ether oxygens (including phenoxy) is 2. The van der Waals surface area contributed by atoms with Crippen molar-refractivity contribution in [2.75, 3.05) is 0 Å². The molecule has 0 amide bonds. The second-order valence-electron chi connectivity index (χ2n) is 11.3. The van der Waals surface area contributed by atoms with Gasteiger partial charge in [-0.2, -0.15) is 0 Å². The van der Waals surface area contributed by atoms with E-state index in [9.17, 15) is 9.90 Å². The number of esters is 1. The van der Waals surface area contributed by atoms with Gasteiger partial charge in [-0.05, 0) is 73.4 Å². The van der Waals surface area contributed by atoms with Gasteiger partial charge in [0, 0.05) is 24.7 Å². The van der Waals surface area contributed by atoms with Gasteiger partial charge in [-0.25, -0.2) is 0 Å². The lowest BCUT2D eigenvalue weighted by Crippen LogP contribution is -2.26. The molecule has 4 heteroatoms. The number of hydrogen-bond donors (Lipinski definition) is 1. The van der Waals surface area contributed by atoms with Gasteiger partial charge in [0.2, 0.25) is 0 Å². The summed E-state index contributed by atoms with van der Waals surface area (Å²) in [6.45, 7) is 8.81. The van der Waals surface area contributed by atoms with Crippen molar-refractivity contribution in [3.05, 3.63) is 70.3 Å². The van der Waals surface area contributed by atoms with Gasteiger partial charge in [-0.1, -0.05) is 69.2 Å². The van der Waals surface area contributed by atoms with Crippen LogP contribution in [0, 0.1) is 13.8 Å². The molecule has 4 nitrogen and oxygen atoms in total. The van der Waals surface area contributed by atoms with E-state index < -0.39 is 5.60 Å². The van der Waals surface area contributed by atoms with Crippen molar-refractivity contribution in [1.29, 1.82) is 0 Å². The summed E-state index contributed by atoms with van der Waals surface area (Å²) in [6.07, 6.45) is 12.1. The van der Waals surface area contributed by atoms with Crippen molar-refractivity contribution in [1.82, 2.24) is 0 Å². The zero-order chi connectivity index (χ0) is 25.6. The van der Waals surface area contributed by atoms with Crippen molar-refractivity contribution in [2.45, 2.75) is 108 Å². The van der Waals surface area contributed by atoms with Crippen molar-refractivity contribution >= 4 is 12.0 Å². The Hall–Kier alpha value is -2.59. The standard InChI is InChI=1S/C32H40O4/c1-5-31(6-2,25-10-9-24(22(3)19-25)13-17-30(34)15-7-8-16-30)26-11-12-27(23(4)20-26)35-28-21-32(28)18-14-29(33)36-32/h9-13,17,19-20,28,34H,5-8,14-16,18,21H2,1-4H3/b17-13+/t28-,32+/m1/s1. The van der Waals surface area contributed by atoms with Crippen LogP contribution < -0.4 is 4.74 Å². The van der Waals surface area contributed by atoms with E-state index in [1.165, 1.54) is 22.3 Å². The maximum absolute atomic E-state index is 11.6. The van der Waals surface area contributed by atoms with Crippen LogP contribution in [0.2, 0.25) is 0 Å². The zero-order valence-corrected chi connectivity index (χ0v) is 22.2. The molecule has 3 aliphatic rings. The summed E-state index contributed by atoms with van der Waals surface area (Å²) in [5.41, 5.74) is 5.06. The Balaban J connectivity index is 1.37. The number of aryl methyl sites for hydroxylation is 2. The third-order valence-electron chi connectivity index (χ3n) is 9.10. The maximum atomic E-state index is 11.6. The lowest BCUT2D eigenvalue weighted by molar-refractivity contribution is -0.143. The summed E-state index contributed by atoms with van der Waals surface area (Å²) in [6, 6.07) is 13.4. The molecule has 1 aliphatic heterocycles. The maximum Gasteiger partial charge on any atom is 0.306 e. The molecule has 2 aromatic carbocycles. The van der Waals surface area contributed by atoms with Gasteiger partial charge in [0.25, 0.3) is 0 Å². The van der Waals surface area contributed by atoms with Crippen LogP contribution in [-0.4, -0.2) is 28.4 Å². The molecule has 5 rings (SSSR count). The third kappa shape index (κ3) is 4.49. The number of rotatable bonds is 8. The van der Waals surface area contributed by atoms with E-state index in [1.807, 2.05) is 6.08 Å². The minimum atomic E-state index is -0.636. The Morgan fingerprint density at radius 1 is 1.03 bits per heavy atom. The highest BCUT2D eigenvalue weighted by atomic mass is 16.6. The Morgan fingerprint density at radius 2 is 1.69 bits per heavy atom. The van der Waals surface area contributed by atoms with E-state index in [4.69, 9.17) is 9.47 Å². The zero-order valence-electron chi connectivity index (χ0n) is 22.2. The van der Waals surface area contributed by atoms with Crippen molar-refractivity contribution in [3.8, 4) is 5.75 Å². The van der Waals surface area contributed by atoms with Crippen molar-refractivity contribution in [3.63, 3.8) is 0 Å². The third-order valence-corrected chi connectivity index (χ3v) is 9.10. The second kappa shape index (κ2) is 9.37. The largest absolute Gasteiger partial charge is 0.486 e. The van der Waals surface area contributed by atoms with Crippen LogP contribution in [0.5, 0.6) is 5.75 Å². The second-order valence-corrected chi connectivity index (χ2v) is 11.3. The van der Waals surface area contributed by atoms with Crippen LogP contribution in [-0.2, 0) is 14.9 Å². The molecule has 3 fully saturated rings. The van der Waals surface area contributed by atoms with E-state index in [2.05, 4.69) is 70.2 Å². The molecule has 36 heavy (non-hydrogen) atoms. The number of hydrogen-bond acceptors (Lipinski definition) is 4. The Labute approximate surface area is 215 Å². The highest BCUT2D eigenvalue weighted by Crippen LogP contribution is 2.51. The summed E-state index contributed by atoms with van der Waals surface area (Å²) in [5.74, 6) is 0.779. The molecule has 2 aliphatic carbocycles. The Kier molecular flexibility index (Phi) is 6.53. The minimum Gasteiger partial charge on any atom is -0.486 e. The number of carbonyl (C=O) groups excluding carboxylic acids is 1. The quantitative estimate of drug-likeness (QED) is 0.408. The van der Waals surface area contributed by atoms with Crippen molar-refractivity contribution in [2.24, 2.45) is 0 Å². The van der Waals surface area contributed by atoms with E-state index >= 15 is 0 Å². The Bertz CT molecular complexity index is 1170. The molecule has 2 atom stereocenters. The molecule has 0 aromatic heterocycles. The summed E-state index contributed by atoms with van der Waals surface area (Å²) in [5, 5.41) is 10.7. The lowest BCUT2D eigenvalue weighted by atomic mass is 9.70. The number of carbonyl (C=O) groups is 1. The average Bonchev–Trinajstić information content (AvgIpc) is 3.13. The molecule has 1 N–H and O–H groups in total. The first-order valence-corrected chi connectivity index (χ1v) is 13.7. The monoisotopic (exact) mass is 488 g/mol. The van der Waals surface area contributed by atoms with Crippen LogP contribution in [0.15, 0.2) is 42.5 Å². The van der Waals surface area contributed by atoms with Gasteiger partial charge in [-0.15, -0.1) is 0 Å². The van der Waals surface area contributed by atoms with E-state index in [-0.39, 0.29) is 23.1 Å². The SMILES string of the molecule is CCC(CC)(c1ccc(/C=C/C2(O)CCCC2)c(C)c1)c1ccc(O[C@@H]2C[C@@]23CCC(=O)O3)c(C)c1. The summed E-state index contributed by atoms with van der Waals surface area (Å²) in [4.78, 5) is 11.6. The van der Waals surface area contributed by atoms with Gasteiger partial charge in [-0.3, -0.25) is 4.79 Å². The molecule has 1 heterocycles. The molecule has 1 spiro atoms. The first-order valence-electron chi connectivity index (χ1n) is 13.7. The molecule has 0 bridgehead atoms. The first-order chi connectivity index (χ1) is 17.2. The fourth-order valence-electron chi connectivity index (χ4n) is 6.44. The topological polar surface area (TPSA) is 55.8 Å². The summed E-state index contributed by atoms with van der Waals surface area (Å²) < 4.78 is 11.8. The van der Waals surface area contributed by atoms with Crippen LogP contribution in [0.1, 0.15) is 99.5 Å². The number of benzene rings is 2. The minimum absolute atomic E-state index is 0.0267. The normalized spacial score (nSPS) is 25.0. The molecule has 192 valence electrons. The van der Waals surface area contributed by atoms with Gasteiger partial charge in [0.05, 0.1) is 5.60 Å². The smallest absolute Gasteiger partial charge is 0.306 e.